The second kappa shape index (κ2) is 20.1. The molecule has 10 rings (SSSR count). The van der Waals surface area contributed by atoms with Gasteiger partial charge in [0.1, 0.15) is 47.8 Å². The van der Waals surface area contributed by atoms with Crippen LogP contribution in [-0.4, -0.2) is 92.0 Å². The summed E-state index contributed by atoms with van der Waals surface area (Å²) in [6, 6.07) is 24.3. The number of carboxylic acids is 1. The Morgan fingerprint density at radius 1 is 0.662 bits per heavy atom. The number of H-pyrrole nitrogens is 2. The van der Waals surface area contributed by atoms with Gasteiger partial charge in [0.2, 0.25) is 0 Å². The maximum Gasteiger partial charge on any atom is 0.307 e. The van der Waals surface area contributed by atoms with Crippen LogP contribution in [0.4, 0.5) is 11.4 Å². The van der Waals surface area contributed by atoms with E-state index in [1.807, 2.05) is 48.5 Å². The number of aromatic amines is 2. The molecule has 2 atom stereocenters. The largest absolute Gasteiger partial charge is 0.497 e. The molecule has 2 unspecified atom stereocenters. The van der Waals surface area contributed by atoms with E-state index in [0.717, 1.165) is 89.0 Å². The molecule has 0 fully saturated rings. The number of aliphatic carboxylic acids is 1. The van der Waals surface area contributed by atoms with Gasteiger partial charge in [-0.1, -0.05) is 12.1 Å². The molecule has 20 nitrogen and oxygen atoms in total. The highest BCUT2D eigenvalue weighted by molar-refractivity contribution is 5.87. The molecule has 20 heteroatoms. The normalized spacial score (nSPS) is 15.0. The van der Waals surface area contributed by atoms with E-state index >= 15 is 0 Å². The van der Waals surface area contributed by atoms with Crippen molar-refractivity contribution in [2.45, 2.75) is 44.9 Å². The van der Waals surface area contributed by atoms with E-state index in [9.17, 15) is 20.2 Å². The number of hydrogen-bond donors (Lipinski definition) is 5. The summed E-state index contributed by atoms with van der Waals surface area (Å²) >= 11 is 0. The van der Waals surface area contributed by atoms with Gasteiger partial charge in [-0.05, 0) is 95.8 Å². The van der Waals surface area contributed by atoms with E-state index in [1.54, 1.807) is 37.8 Å². The molecule has 4 aromatic heterocycles. The first-order valence-electron chi connectivity index (χ1n) is 21.6. The van der Waals surface area contributed by atoms with Gasteiger partial charge in [-0.2, -0.15) is 10.2 Å². The topological polar surface area (TPSA) is 252 Å². The molecule has 5 N–H and O–H groups in total. The fourth-order valence-electron chi connectivity index (χ4n) is 8.86. The summed E-state index contributed by atoms with van der Waals surface area (Å²) in [5.74, 6) is 2.28. The Kier molecular flexibility index (Phi) is 13.7. The minimum absolute atomic E-state index is 0.00578. The number of aromatic nitrogens is 6. The molecule has 0 bridgehead atoms. The van der Waals surface area contributed by atoms with Crippen LogP contribution in [0.15, 0.2) is 97.6 Å². The molecule has 6 heterocycles. The number of carboxylic acid groups (broad SMARTS) is 1. The zero-order valence-electron chi connectivity index (χ0n) is 37.9. The second-order valence-corrected chi connectivity index (χ2v) is 16.1. The van der Waals surface area contributed by atoms with Gasteiger partial charge >= 0.3 is 11.4 Å². The highest BCUT2D eigenvalue weighted by atomic mass is 16.6. The van der Waals surface area contributed by atoms with Gasteiger partial charge < -0.3 is 44.7 Å². The number of fused-ring (bicyclic) bond motifs is 6. The molecular weight excluding hydrogens is 877 g/mol. The van der Waals surface area contributed by atoms with Crippen molar-refractivity contribution in [3.05, 3.63) is 163 Å². The lowest BCUT2D eigenvalue weighted by Gasteiger charge is -2.25. The first kappa shape index (κ1) is 46.3. The predicted octanol–water partition coefficient (Wildman–Crippen LogP) is 7.24. The number of ether oxygens (including phenoxy) is 4. The minimum atomic E-state index is -0.833. The number of methoxy groups -OCH3 is 4. The van der Waals surface area contributed by atoms with Crippen molar-refractivity contribution in [3.8, 4) is 23.0 Å². The summed E-state index contributed by atoms with van der Waals surface area (Å²) in [4.78, 5) is 37.3. The van der Waals surface area contributed by atoms with Crippen LogP contribution in [0.5, 0.6) is 23.0 Å². The first-order chi connectivity index (χ1) is 32.9. The van der Waals surface area contributed by atoms with Gasteiger partial charge in [0.15, 0.2) is 0 Å². The van der Waals surface area contributed by atoms with Crippen LogP contribution in [0, 0.1) is 20.2 Å². The van der Waals surface area contributed by atoms with E-state index in [0.29, 0.717) is 24.6 Å². The molecule has 0 saturated heterocycles. The van der Waals surface area contributed by atoms with Crippen LogP contribution in [-0.2, 0) is 30.7 Å². The van der Waals surface area contributed by atoms with Crippen molar-refractivity contribution in [2.24, 2.45) is 0 Å². The molecule has 8 aromatic rings. The first-order valence-corrected chi connectivity index (χ1v) is 21.6. The monoisotopic (exact) mass is 926 g/mol. The molecule has 0 aliphatic carbocycles. The van der Waals surface area contributed by atoms with Crippen LogP contribution in [0.1, 0.15) is 63.8 Å². The van der Waals surface area contributed by atoms with Crippen molar-refractivity contribution in [2.75, 3.05) is 41.5 Å². The second-order valence-electron chi connectivity index (χ2n) is 16.1. The van der Waals surface area contributed by atoms with Crippen LogP contribution in [0.3, 0.4) is 0 Å². The third kappa shape index (κ3) is 9.81. The maximum atomic E-state index is 11.0. The summed E-state index contributed by atoms with van der Waals surface area (Å²) in [6.45, 7) is 3.53. The molecule has 0 amide bonds. The van der Waals surface area contributed by atoms with Gasteiger partial charge in [-0.3, -0.25) is 34.4 Å². The van der Waals surface area contributed by atoms with Crippen molar-refractivity contribution in [3.63, 3.8) is 0 Å². The third-order valence-electron chi connectivity index (χ3n) is 11.9. The Morgan fingerprint density at radius 3 is 1.43 bits per heavy atom. The smallest absolute Gasteiger partial charge is 0.307 e. The van der Waals surface area contributed by atoms with Crippen molar-refractivity contribution in [1.82, 2.24) is 40.2 Å². The number of benzene rings is 4. The Balaban J connectivity index is 0.000000171. The van der Waals surface area contributed by atoms with Crippen molar-refractivity contribution < 1.29 is 38.7 Å². The van der Waals surface area contributed by atoms with Crippen molar-refractivity contribution >= 4 is 39.1 Å². The Labute approximate surface area is 389 Å². The lowest BCUT2D eigenvalue weighted by Crippen LogP contribution is -2.30. The summed E-state index contributed by atoms with van der Waals surface area (Å²) in [6.07, 6.45) is 7.22. The van der Waals surface area contributed by atoms with Gasteiger partial charge in [0, 0.05) is 64.3 Å². The van der Waals surface area contributed by atoms with E-state index in [1.165, 1.54) is 46.7 Å². The molecule has 0 saturated carbocycles. The summed E-state index contributed by atoms with van der Waals surface area (Å²) < 4.78 is 25.0. The molecule has 4 aromatic carbocycles. The lowest BCUT2D eigenvalue weighted by molar-refractivity contribution is -0.385. The van der Waals surface area contributed by atoms with Crippen molar-refractivity contribution in [1.29, 1.82) is 0 Å². The van der Waals surface area contributed by atoms with Gasteiger partial charge in [-0.25, -0.2) is 0 Å². The zero-order valence-corrected chi connectivity index (χ0v) is 37.9. The molecule has 352 valence electrons. The third-order valence-corrected chi connectivity index (χ3v) is 11.9. The number of nitrogens with zero attached hydrogens (tertiary/aromatic N) is 6. The number of nitrogens with one attached hydrogen (secondary N) is 4. The highest BCUT2D eigenvalue weighted by Gasteiger charge is 2.28. The Hall–Kier alpha value is -8.23. The fourth-order valence-corrected chi connectivity index (χ4v) is 8.86. The summed E-state index contributed by atoms with van der Waals surface area (Å²) in [5, 5.41) is 47.2. The molecule has 2 aliphatic rings. The number of nitro groups is 2. The number of rotatable bonds is 12. The minimum Gasteiger partial charge on any atom is -0.497 e. The van der Waals surface area contributed by atoms with E-state index in [-0.39, 0.29) is 23.5 Å². The average molecular weight is 927 g/mol. The quantitative estimate of drug-likeness (QED) is 0.0599. The van der Waals surface area contributed by atoms with E-state index < -0.39 is 15.8 Å². The Morgan fingerprint density at radius 2 is 1.07 bits per heavy atom. The van der Waals surface area contributed by atoms with Crippen LogP contribution in [0.2, 0.25) is 0 Å². The Bertz CT molecular complexity index is 2930. The van der Waals surface area contributed by atoms with Gasteiger partial charge in [0.05, 0.1) is 63.5 Å². The van der Waals surface area contributed by atoms with Crippen LogP contribution < -0.4 is 29.6 Å². The fraction of sp³-hybridized carbons (Fsp3) is 0.271. The highest BCUT2D eigenvalue weighted by Crippen LogP contribution is 2.38. The molecular formula is C48H50N10O10. The lowest BCUT2D eigenvalue weighted by atomic mass is 9.93. The number of hydrogen-bond acceptors (Lipinski definition) is 13. The SMILES string of the molecule is CC(=O)O.COc1ccc2[nH]c3c(c2c1)CCNC3c1ccc(OC)c(Cn2cc([N+](=O)[O-])cn2)c1.COc1ccc2[nH]c3c(c2c1)CCNC3c1ccc(OC)c(Cn2cc([N+](=O)[O-])cn2)c1. The molecule has 0 spiro atoms. The number of carbonyl (C=O) groups is 1. The maximum absolute atomic E-state index is 11.0. The molecule has 0 radical (unpaired) electrons. The standard InChI is InChI=1S/2C23H23N5O4.C2H4O2/c2*1-31-17-4-5-20-19(10-17)18-7-8-24-22(23(18)26-20)14-3-6-21(32-2)15(9-14)12-27-13-16(11-25-27)28(29)30;1-2(3)4/h2*3-6,9-11,13,22,24,26H,7-8,12H2,1-2H3;1H3,(H,3,4). The molecule has 68 heavy (non-hydrogen) atoms. The summed E-state index contributed by atoms with van der Waals surface area (Å²) in [5.41, 5.74) is 10.9. The predicted molar refractivity (Wildman–Crippen MR) is 252 cm³/mol. The van der Waals surface area contributed by atoms with E-state index in [4.69, 9.17) is 28.8 Å². The van der Waals surface area contributed by atoms with Crippen LogP contribution >= 0.6 is 0 Å². The van der Waals surface area contributed by atoms with Crippen LogP contribution in [0.25, 0.3) is 21.8 Å². The van der Waals surface area contributed by atoms with Gasteiger partial charge in [-0.15, -0.1) is 0 Å². The summed E-state index contributed by atoms with van der Waals surface area (Å²) in [7, 11) is 6.59. The zero-order chi connectivity index (χ0) is 48.1. The van der Waals surface area contributed by atoms with E-state index in [2.05, 4.69) is 55.1 Å². The van der Waals surface area contributed by atoms with Gasteiger partial charge in [0.25, 0.3) is 5.97 Å². The average Bonchev–Trinajstić information content (AvgIpc) is 4.16. The molecule has 2 aliphatic heterocycles.